The van der Waals surface area contributed by atoms with Crippen molar-refractivity contribution in [2.24, 2.45) is 0 Å². The first-order valence-corrected chi connectivity index (χ1v) is 22.4. The molecular formula is C48H56N4O10S2. The summed E-state index contributed by atoms with van der Waals surface area (Å²) < 4.78 is 36.3. The van der Waals surface area contributed by atoms with Crippen LogP contribution in [-0.2, 0) is 38.5 Å². The Morgan fingerprint density at radius 2 is 1.00 bits per heavy atom. The van der Waals surface area contributed by atoms with Gasteiger partial charge in [0.25, 0.3) is 21.7 Å². The molecule has 2 unspecified atom stereocenters. The molecule has 340 valence electrons. The van der Waals surface area contributed by atoms with E-state index in [2.05, 4.69) is 0 Å². The Morgan fingerprint density at radius 3 is 1.36 bits per heavy atom. The van der Waals surface area contributed by atoms with Gasteiger partial charge >= 0.3 is 11.9 Å². The molecule has 14 nitrogen and oxygen atoms in total. The van der Waals surface area contributed by atoms with Gasteiger partial charge in [-0.3, -0.25) is 9.59 Å². The number of anilines is 2. The first kappa shape index (κ1) is 47.8. The van der Waals surface area contributed by atoms with Crippen LogP contribution < -0.4 is 28.7 Å². The number of rotatable bonds is 18. The van der Waals surface area contributed by atoms with Crippen LogP contribution in [0.4, 0.5) is 11.4 Å². The van der Waals surface area contributed by atoms with E-state index < -0.39 is 33.6 Å². The van der Waals surface area contributed by atoms with Crippen molar-refractivity contribution < 1.29 is 47.6 Å². The van der Waals surface area contributed by atoms with E-state index in [0.717, 1.165) is 59.9 Å². The molecule has 0 radical (unpaired) electrons. The smallest absolute Gasteiger partial charge is 0.333 e. The highest BCUT2D eigenvalue weighted by Gasteiger charge is 2.55. The van der Waals surface area contributed by atoms with Crippen LogP contribution in [0, 0.1) is 13.8 Å². The largest absolute Gasteiger partial charge is 0.497 e. The normalized spacial score (nSPS) is 18.2. The number of methoxy groups -OCH3 is 2. The monoisotopic (exact) mass is 912 g/mol. The molecule has 16 heteroatoms. The molecule has 4 aromatic rings. The van der Waals surface area contributed by atoms with Gasteiger partial charge < -0.3 is 48.0 Å². The van der Waals surface area contributed by atoms with Gasteiger partial charge in [-0.2, -0.15) is 0 Å². The summed E-state index contributed by atoms with van der Waals surface area (Å²) in [6.45, 7) is 5.99. The molecule has 0 N–H and O–H groups in total. The van der Waals surface area contributed by atoms with E-state index >= 15 is 0 Å². The van der Waals surface area contributed by atoms with Gasteiger partial charge in [-0.25, -0.2) is 9.59 Å². The number of likely N-dealkylation sites (N-methyl/N-ethyl adjacent to an activating group) is 2. The number of benzene rings is 4. The van der Waals surface area contributed by atoms with Gasteiger partial charge in [0.2, 0.25) is 0 Å². The lowest BCUT2D eigenvalue weighted by Gasteiger charge is -2.40. The minimum atomic E-state index is -2.04. The van der Waals surface area contributed by atoms with Crippen LogP contribution in [0.1, 0.15) is 35.1 Å². The van der Waals surface area contributed by atoms with Crippen molar-refractivity contribution in [2.45, 2.75) is 46.3 Å². The number of amides is 2. The summed E-state index contributed by atoms with van der Waals surface area (Å²) in [6, 6.07) is 21.3. The third-order valence-electron chi connectivity index (χ3n) is 10.6. The second kappa shape index (κ2) is 20.4. The van der Waals surface area contributed by atoms with Crippen LogP contribution in [0.5, 0.6) is 23.0 Å². The summed E-state index contributed by atoms with van der Waals surface area (Å²) in [4.78, 5) is 62.1. The van der Waals surface area contributed by atoms with Gasteiger partial charge in [0.05, 0.1) is 49.9 Å². The fourth-order valence-corrected chi connectivity index (χ4v) is 10.2. The minimum absolute atomic E-state index is 0.242. The highest BCUT2D eigenvalue weighted by Crippen LogP contribution is 2.56. The molecule has 2 amide bonds. The predicted molar refractivity (Wildman–Crippen MR) is 249 cm³/mol. The van der Waals surface area contributed by atoms with Crippen LogP contribution in [0.15, 0.2) is 94.7 Å². The zero-order chi connectivity index (χ0) is 46.3. The molecule has 2 aliphatic rings. The molecule has 0 bridgehead atoms. The fourth-order valence-electron chi connectivity index (χ4n) is 7.25. The first-order chi connectivity index (χ1) is 30.5. The standard InChI is InChI=1S/C48H56N4O10S2/c1-31-13-17-37-41(27-31)63-47(45(55)51(37)7,35-29-33(57-9)15-19-39(35)59-25-11-23-49(3)4)61-43(53)21-22-44(54)62-48(46(56)52(8)38-18-14-32(2)28-42(38)64-48)36-30-34(58-10)16-20-40(36)60-26-12-24-50(5)6/h13-22,27-30H,11-12,23-26H2,1-10H3/b22-21+. The van der Waals surface area contributed by atoms with Crippen LogP contribution in [0.25, 0.3) is 0 Å². The molecule has 0 aromatic heterocycles. The summed E-state index contributed by atoms with van der Waals surface area (Å²) in [5.74, 6) is -1.79. The Hall–Kier alpha value is -5.68. The van der Waals surface area contributed by atoms with Gasteiger partial charge in [-0.05, 0) is 127 Å². The van der Waals surface area contributed by atoms with Crippen molar-refractivity contribution in [1.82, 2.24) is 9.80 Å². The van der Waals surface area contributed by atoms with Crippen molar-refractivity contribution in [3.63, 3.8) is 0 Å². The van der Waals surface area contributed by atoms with E-state index in [-0.39, 0.29) is 11.1 Å². The Bertz CT molecular complexity index is 2260. The van der Waals surface area contributed by atoms with E-state index in [1.165, 1.54) is 24.0 Å². The molecule has 0 saturated heterocycles. The summed E-state index contributed by atoms with van der Waals surface area (Å²) >= 11 is 2.10. The molecule has 0 saturated carbocycles. The Morgan fingerprint density at radius 1 is 0.609 bits per heavy atom. The lowest BCUT2D eigenvalue weighted by molar-refractivity contribution is -0.156. The number of fused-ring (bicyclic) bond motifs is 2. The SMILES string of the molecule is COc1ccc(OCCCN(C)C)c(C2(OC(=O)/C=C/C(=O)OC3(c4cc(OC)ccc4OCCCN(C)C)Sc4cc(C)ccc4N(C)C3=O)Sc3cc(C)ccc3N(C)C2=O)c1. The Kier molecular flexibility index (Phi) is 15.3. The Balaban J connectivity index is 1.39. The average Bonchev–Trinajstić information content (AvgIpc) is 3.26. The van der Waals surface area contributed by atoms with Gasteiger partial charge in [0.15, 0.2) is 0 Å². The summed E-state index contributed by atoms with van der Waals surface area (Å²) in [5.41, 5.74) is 3.59. The van der Waals surface area contributed by atoms with E-state index in [9.17, 15) is 19.2 Å². The van der Waals surface area contributed by atoms with Crippen molar-refractivity contribution in [2.75, 3.05) is 92.6 Å². The van der Waals surface area contributed by atoms with E-state index in [1.54, 1.807) is 50.5 Å². The molecule has 2 atom stereocenters. The zero-order valence-corrected chi connectivity index (χ0v) is 39.6. The first-order valence-electron chi connectivity index (χ1n) is 20.7. The molecule has 64 heavy (non-hydrogen) atoms. The van der Waals surface area contributed by atoms with E-state index in [1.807, 2.05) is 88.2 Å². The summed E-state index contributed by atoms with van der Waals surface area (Å²) in [7, 11) is 14.1. The minimum Gasteiger partial charge on any atom is -0.497 e. The second-order valence-electron chi connectivity index (χ2n) is 16.0. The van der Waals surface area contributed by atoms with E-state index in [0.29, 0.717) is 70.2 Å². The van der Waals surface area contributed by atoms with Crippen molar-refractivity contribution >= 4 is 58.7 Å². The van der Waals surface area contributed by atoms with Crippen LogP contribution in [-0.4, -0.2) is 116 Å². The number of thioether (sulfide) groups is 2. The molecule has 0 spiro atoms. The molecular weight excluding hydrogens is 857 g/mol. The number of ether oxygens (including phenoxy) is 6. The maximum Gasteiger partial charge on any atom is 0.333 e. The number of aryl methyl sites for hydroxylation is 2. The molecule has 6 rings (SSSR count). The van der Waals surface area contributed by atoms with Crippen LogP contribution >= 0.6 is 23.5 Å². The molecule has 0 fully saturated rings. The van der Waals surface area contributed by atoms with Crippen molar-refractivity contribution in [1.29, 1.82) is 0 Å². The topological polar surface area (TPSA) is 137 Å². The molecule has 4 aromatic carbocycles. The number of hydrogen-bond acceptors (Lipinski definition) is 14. The number of carbonyl (C=O) groups excluding carboxylic acids is 4. The number of hydrogen-bond donors (Lipinski definition) is 0. The fraction of sp³-hybridized carbons (Fsp3) is 0.375. The maximum atomic E-state index is 14.7. The van der Waals surface area contributed by atoms with Gasteiger partial charge in [0.1, 0.15) is 23.0 Å². The third-order valence-corrected chi connectivity index (χ3v) is 13.2. The van der Waals surface area contributed by atoms with Crippen molar-refractivity contribution in [3.8, 4) is 23.0 Å². The maximum absolute atomic E-state index is 14.7. The van der Waals surface area contributed by atoms with Crippen LogP contribution in [0.3, 0.4) is 0 Å². The summed E-state index contributed by atoms with van der Waals surface area (Å²) in [6.07, 6.45) is 3.14. The molecule has 0 aliphatic carbocycles. The van der Waals surface area contributed by atoms with Crippen molar-refractivity contribution in [3.05, 3.63) is 107 Å². The van der Waals surface area contributed by atoms with Gasteiger partial charge in [0, 0.05) is 49.1 Å². The zero-order valence-electron chi connectivity index (χ0n) is 38.0. The van der Waals surface area contributed by atoms with E-state index in [4.69, 9.17) is 28.4 Å². The average molecular weight is 913 g/mol. The number of esters is 2. The highest BCUT2D eigenvalue weighted by atomic mass is 32.2. The lowest BCUT2D eigenvalue weighted by atomic mass is 10.0. The van der Waals surface area contributed by atoms with Crippen LogP contribution in [0.2, 0.25) is 0 Å². The molecule has 2 aliphatic heterocycles. The highest BCUT2D eigenvalue weighted by molar-refractivity contribution is 8.01. The second-order valence-corrected chi connectivity index (χ2v) is 18.5. The number of nitrogens with zero attached hydrogens (tertiary/aromatic N) is 4. The number of carbonyl (C=O) groups is 4. The summed E-state index contributed by atoms with van der Waals surface area (Å²) in [5, 5.41) is 0. The third kappa shape index (κ3) is 10.3. The molecule has 2 heterocycles. The van der Waals surface area contributed by atoms with Gasteiger partial charge in [-0.1, -0.05) is 35.7 Å². The quantitative estimate of drug-likeness (QED) is 0.0567. The van der Waals surface area contributed by atoms with Gasteiger partial charge in [-0.15, -0.1) is 0 Å². The lowest BCUT2D eigenvalue weighted by Crippen LogP contribution is -2.49. The predicted octanol–water partition coefficient (Wildman–Crippen LogP) is 7.17. The Labute approximate surface area is 383 Å².